The number of aryl methyl sites for hydroxylation is 1. The van der Waals surface area contributed by atoms with Gasteiger partial charge in [0.1, 0.15) is 5.82 Å². The summed E-state index contributed by atoms with van der Waals surface area (Å²) in [5, 5.41) is 17.7. The van der Waals surface area contributed by atoms with E-state index < -0.39 is 5.82 Å². The molecule has 0 spiro atoms. The van der Waals surface area contributed by atoms with Crippen molar-refractivity contribution in [2.24, 2.45) is 0 Å². The Hall–Kier alpha value is -2.13. The van der Waals surface area contributed by atoms with Crippen molar-refractivity contribution in [1.29, 1.82) is 0 Å². The molecule has 4 rings (SSSR count). The fourth-order valence-electron chi connectivity index (χ4n) is 2.59. The van der Waals surface area contributed by atoms with Crippen LogP contribution in [0.1, 0.15) is 11.8 Å². The Bertz CT molecular complexity index is 1200. The van der Waals surface area contributed by atoms with E-state index in [9.17, 15) is 4.39 Å². The standard InChI is InChI=1S/C18H11Cl3FN5OS/c1-9-23-24-16(28-9)8-29-18-26-25-17(12-4-2-10(19)6-13(12)20)27(18)11-3-5-15(22)14(21)7-11/h2-7H,8H2,1H3. The van der Waals surface area contributed by atoms with Crippen LogP contribution in [0, 0.1) is 12.7 Å². The molecule has 0 N–H and O–H groups in total. The number of thioether (sulfide) groups is 1. The number of rotatable bonds is 5. The van der Waals surface area contributed by atoms with Crippen molar-refractivity contribution in [3.63, 3.8) is 0 Å². The molecule has 0 aliphatic heterocycles. The van der Waals surface area contributed by atoms with Gasteiger partial charge in [0.15, 0.2) is 11.0 Å². The van der Waals surface area contributed by atoms with Crippen LogP contribution < -0.4 is 0 Å². The predicted molar refractivity (Wildman–Crippen MR) is 110 cm³/mol. The minimum atomic E-state index is -0.523. The van der Waals surface area contributed by atoms with E-state index in [-0.39, 0.29) is 5.02 Å². The Morgan fingerprint density at radius 1 is 1.00 bits per heavy atom. The van der Waals surface area contributed by atoms with E-state index in [4.69, 9.17) is 39.2 Å². The summed E-state index contributed by atoms with van der Waals surface area (Å²) in [6, 6.07) is 9.41. The van der Waals surface area contributed by atoms with Gasteiger partial charge in [-0.1, -0.05) is 46.6 Å². The minimum absolute atomic E-state index is 0.0205. The summed E-state index contributed by atoms with van der Waals surface area (Å²) >= 11 is 19.7. The first-order valence-electron chi connectivity index (χ1n) is 8.20. The minimum Gasteiger partial charge on any atom is -0.425 e. The predicted octanol–water partition coefficient (Wildman–Crippen LogP) is 6.02. The number of hydrogen-bond donors (Lipinski definition) is 0. The van der Waals surface area contributed by atoms with Crippen molar-refractivity contribution < 1.29 is 8.81 Å². The summed E-state index contributed by atoms with van der Waals surface area (Å²) in [4.78, 5) is 0. The average molecular weight is 471 g/mol. The zero-order chi connectivity index (χ0) is 20.5. The molecule has 0 atom stereocenters. The summed E-state index contributed by atoms with van der Waals surface area (Å²) in [6.07, 6.45) is 0. The van der Waals surface area contributed by atoms with Crippen molar-refractivity contribution >= 4 is 46.6 Å². The Balaban J connectivity index is 1.80. The lowest BCUT2D eigenvalue weighted by Gasteiger charge is -2.11. The highest BCUT2D eigenvalue weighted by atomic mass is 35.5. The summed E-state index contributed by atoms with van der Waals surface area (Å²) in [7, 11) is 0. The molecule has 2 aromatic heterocycles. The first kappa shape index (κ1) is 20.2. The zero-order valence-corrected chi connectivity index (χ0v) is 17.8. The van der Waals surface area contributed by atoms with Crippen molar-refractivity contribution in [2.45, 2.75) is 17.8 Å². The van der Waals surface area contributed by atoms with Gasteiger partial charge in [0.2, 0.25) is 11.8 Å². The maximum Gasteiger partial charge on any atom is 0.226 e. The molecule has 0 fully saturated rings. The van der Waals surface area contributed by atoms with Gasteiger partial charge >= 0.3 is 0 Å². The monoisotopic (exact) mass is 469 g/mol. The number of halogens is 4. The van der Waals surface area contributed by atoms with Gasteiger partial charge in [-0.2, -0.15) is 0 Å². The van der Waals surface area contributed by atoms with Crippen LogP contribution in [-0.4, -0.2) is 25.0 Å². The van der Waals surface area contributed by atoms with Crippen LogP contribution in [-0.2, 0) is 5.75 Å². The topological polar surface area (TPSA) is 69.6 Å². The van der Waals surface area contributed by atoms with Gasteiger partial charge in [-0.25, -0.2) is 4.39 Å². The molecule has 0 amide bonds. The van der Waals surface area contributed by atoms with E-state index in [0.29, 0.717) is 49.8 Å². The molecule has 11 heteroatoms. The van der Waals surface area contributed by atoms with E-state index in [1.54, 1.807) is 35.8 Å². The molecule has 0 saturated carbocycles. The van der Waals surface area contributed by atoms with E-state index in [1.807, 2.05) is 0 Å². The van der Waals surface area contributed by atoms with Crippen molar-refractivity contribution in [3.8, 4) is 17.1 Å². The highest BCUT2D eigenvalue weighted by Crippen LogP contribution is 2.35. The second kappa shape index (κ2) is 8.31. The van der Waals surface area contributed by atoms with Gasteiger partial charge in [0.05, 0.1) is 21.5 Å². The van der Waals surface area contributed by atoms with Crippen LogP contribution in [0.15, 0.2) is 46.0 Å². The van der Waals surface area contributed by atoms with Gasteiger partial charge in [-0.05, 0) is 36.4 Å². The maximum atomic E-state index is 13.7. The fourth-order valence-corrected chi connectivity index (χ4v) is 4.04. The SMILES string of the molecule is Cc1nnc(CSc2nnc(-c3ccc(Cl)cc3Cl)n2-c2ccc(F)c(Cl)c2)o1. The zero-order valence-electron chi connectivity index (χ0n) is 14.7. The van der Waals surface area contributed by atoms with Crippen LogP contribution in [0.25, 0.3) is 17.1 Å². The lowest BCUT2D eigenvalue weighted by atomic mass is 10.2. The summed E-state index contributed by atoms with van der Waals surface area (Å²) < 4.78 is 20.8. The third-order valence-corrected chi connectivity index (χ3v) is 5.61. The molecule has 148 valence electrons. The molecule has 0 aliphatic carbocycles. The van der Waals surface area contributed by atoms with Crippen molar-refractivity contribution in [2.75, 3.05) is 0 Å². The molecule has 0 bridgehead atoms. The molecule has 29 heavy (non-hydrogen) atoms. The Morgan fingerprint density at radius 3 is 2.52 bits per heavy atom. The van der Waals surface area contributed by atoms with E-state index in [1.165, 1.54) is 23.9 Å². The number of nitrogens with zero attached hydrogens (tertiary/aromatic N) is 5. The fraction of sp³-hybridized carbons (Fsp3) is 0.111. The van der Waals surface area contributed by atoms with Crippen molar-refractivity contribution in [1.82, 2.24) is 25.0 Å². The largest absolute Gasteiger partial charge is 0.425 e. The van der Waals surface area contributed by atoms with E-state index >= 15 is 0 Å². The number of benzene rings is 2. The third-order valence-electron chi connectivity index (χ3n) is 3.86. The van der Waals surface area contributed by atoms with Gasteiger partial charge in [0, 0.05) is 17.5 Å². The molecule has 2 heterocycles. The van der Waals surface area contributed by atoms with Crippen molar-refractivity contribution in [3.05, 3.63) is 69.1 Å². The Kier molecular flexibility index (Phi) is 5.78. The first-order valence-corrected chi connectivity index (χ1v) is 10.3. The summed E-state index contributed by atoms with van der Waals surface area (Å²) in [5.41, 5.74) is 1.19. The first-order chi connectivity index (χ1) is 13.9. The molecule has 4 aromatic rings. The molecule has 0 aliphatic rings. The third kappa shape index (κ3) is 4.25. The van der Waals surface area contributed by atoms with Gasteiger partial charge in [-0.3, -0.25) is 4.57 Å². The Labute approximate surface area is 184 Å². The van der Waals surface area contributed by atoms with E-state index in [0.717, 1.165) is 0 Å². The Morgan fingerprint density at radius 2 is 1.83 bits per heavy atom. The molecule has 0 unspecified atom stereocenters. The molecule has 6 nitrogen and oxygen atoms in total. The quantitative estimate of drug-likeness (QED) is 0.332. The van der Waals surface area contributed by atoms with Crippen LogP contribution in [0.4, 0.5) is 4.39 Å². The normalized spacial score (nSPS) is 11.2. The van der Waals surface area contributed by atoms with Gasteiger partial charge in [0.25, 0.3) is 0 Å². The number of aromatic nitrogens is 5. The molecule has 2 aromatic carbocycles. The van der Waals surface area contributed by atoms with Gasteiger partial charge < -0.3 is 4.42 Å². The average Bonchev–Trinajstić information content (AvgIpc) is 3.28. The number of hydrogen-bond acceptors (Lipinski definition) is 6. The second-order valence-corrected chi connectivity index (χ2v) is 8.06. The molecule has 0 saturated heterocycles. The lowest BCUT2D eigenvalue weighted by molar-refractivity contribution is 0.485. The van der Waals surface area contributed by atoms with Crippen LogP contribution in [0.2, 0.25) is 15.1 Å². The highest BCUT2D eigenvalue weighted by Gasteiger charge is 2.20. The molecular weight excluding hydrogens is 460 g/mol. The summed E-state index contributed by atoms with van der Waals surface area (Å²) in [5.74, 6) is 1.23. The van der Waals surface area contributed by atoms with E-state index in [2.05, 4.69) is 20.4 Å². The highest BCUT2D eigenvalue weighted by molar-refractivity contribution is 7.98. The lowest BCUT2D eigenvalue weighted by Crippen LogP contribution is -2.01. The smallest absolute Gasteiger partial charge is 0.226 e. The van der Waals surface area contributed by atoms with Crippen LogP contribution >= 0.6 is 46.6 Å². The summed E-state index contributed by atoms with van der Waals surface area (Å²) in [6.45, 7) is 1.71. The molecule has 0 radical (unpaired) electrons. The molecular formula is C18H11Cl3FN5OS. The van der Waals surface area contributed by atoms with Gasteiger partial charge in [-0.15, -0.1) is 20.4 Å². The second-order valence-electron chi connectivity index (χ2n) is 5.87. The van der Waals surface area contributed by atoms with Crippen LogP contribution in [0.3, 0.4) is 0 Å². The maximum absolute atomic E-state index is 13.7. The van der Waals surface area contributed by atoms with Crippen LogP contribution in [0.5, 0.6) is 0 Å².